The molecule has 3 aromatic rings. The smallest absolute Gasteiger partial charge is 0.126 e. The van der Waals surface area contributed by atoms with E-state index in [0.29, 0.717) is 30.7 Å². The fourth-order valence-corrected chi connectivity index (χ4v) is 3.73. The van der Waals surface area contributed by atoms with Crippen molar-refractivity contribution in [3.05, 3.63) is 57.6 Å². The molecule has 0 amide bonds. The van der Waals surface area contributed by atoms with Crippen LogP contribution in [-0.2, 0) is 25.9 Å². The summed E-state index contributed by atoms with van der Waals surface area (Å²) in [5, 5.41) is 9.41. The Kier molecular flexibility index (Phi) is 3.97. The number of halogens is 2. The van der Waals surface area contributed by atoms with Gasteiger partial charge in [-0.2, -0.15) is 0 Å². The summed E-state index contributed by atoms with van der Waals surface area (Å²) in [6.07, 6.45) is 5.18. The highest BCUT2D eigenvalue weighted by atomic mass is 79.9. The van der Waals surface area contributed by atoms with Gasteiger partial charge in [-0.25, -0.2) is 14.4 Å². The minimum absolute atomic E-state index is 0.142. The van der Waals surface area contributed by atoms with Crippen molar-refractivity contribution in [3.8, 4) is 5.75 Å². The molecule has 7 heteroatoms. The molecule has 24 heavy (non-hydrogen) atoms. The number of fused-ring (bicyclic) bond motifs is 2. The Morgan fingerprint density at radius 3 is 3.00 bits per heavy atom. The summed E-state index contributed by atoms with van der Waals surface area (Å²) < 4.78 is 22.4. The van der Waals surface area contributed by atoms with Crippen molar-refractivity contribution in [1.82, 2.24) is 14.4 Å². The molecule has 124 valence electrons. The van der Waals surface area contributed by atoms with Gasteiger partial charge in [-0.15, -0.1) is 0 Å². The number of ether oxygens (including phenoxy) is 1. The summed E-state index contributed by atoms with van der Waals surface area (Å²) in [5.41, 5.74) is 3.05. The second-order valence-electron chi connectivity index (χ2n) is 5.69. The Balaban J connectivity index is 1.68. The summed E-state index contributed by atoms with van der Waals surface area (Å²) in [7, 11) is 0. The Morgan fingerprint density at radius 2 is 2.17 bits per heavy atom. The number of nitrogens with zero attached hydrogens (tertiary/aromatic N) is 3. The first-order valence-corrected chi connectivity index (χ1v) is 8.51. The zero-order chi connectivity index (χ0) is 16.7. The van der Waals surface area contributed by atoms with Crippen LogP contribution in [0.4, 0.5) is 4.39 Å². The second-order valence-corrected chi connectivity index (χ2v) is 6.55. The lowest BCUT2D eigenvalue weighted by Gasteiger charge is -2.10. The third-order valence-electron chi connectivity index (χ3n) is 4.36. The molecule has 1 aliphatic heterocycles. The minimum atomic E-state index is -0.200. The fourth-order valence-electron chi connectivity index (χ4n) is 3.21. The van der Waals surface area contributed by atoms with Crippen molar-refractivity contribution in [3.63, 3.8) is 0 Å². The summed E-state index contributed by atoms with van der Waals surface area (Å²) in [5.74, 6) is 1.36. The molecule has 1 N–H and O–H groups in total. The highest BCUT2D eigenvalue weighted by Gasteiger charge is 2.20. The van der Waals surface area contributed by atoms with Gasteiger partial charge in [0.25, 0.3) is 0 Å². The first-order chi connectivity index (χ1) is 11.7. The fraction of sp³-hybridized carbons (Fsp3) is 0.294. The molecule has 1 aromatic carbocycles. The molecule has 0 saturated heterocycles. The van der Waals surface area contributed by atoms with E-state index in [1.54, 1.807) is 18.6 Å². The molecular formula is C17H15BrFN3O2. The summed E-state index contributed by atoms with van der Waals surface area (Å²) in [6, 6.07) is 3.16. The zero-order valence-electron chi connectivity index (χ0n) is 12.8. The topological polar surface area (TPSA) is 59.7 Å². The standard InChI is InChI=1S/C17H15BrFN3O2/c18-12-7-20-16(22-9-21-14(8-23)17(12)22)4-1-10-11-5-6-24-15(11)3-2-13(10)19/h2-3,7,9,23H,1,4-6,8H2. The molecular weight excluding hydrogens is 377 g/mol. The van der Waals surface area contributed by atoms with E-state index in [0.717, 1.165) is 33.5 Å². The van der Waals surface area contributed by atoms with Gasteiger partial charge in [-0.05, 0) is 40.0 Å². The van der Waals surface area contributed by atoms with Crippen molar-refractivity contribution in [2.24, 2.45) is 0 Å². The molecule has 2 aromatic heterocycles. The first-order valence-electron chi connectivity index (χ1n) is 7.72. The van der Waals surface area contributed by atoms with E-state index in [-0.39, 0.29) is 12.4 Å². The Labute approximate surface area is 146 Å². The van der Waals surface area contributed by atoms with Gasteiger partial charge in [0.2, 0.25) is 0 Å². The van der Waals surface area contributed by atoms with Crippen LogP contribution in [0.2, 0.25) is 0 Å². The van der Waals surface area contributed by atoms with Crippen LogP contribution in [0.25, 0.3) is 5.52 Å². The number of rotatable bonds is 4. The maximum atomic E-state index is 14.2. The van der Waals surface area contributed by atoms with E-state index < -0.39 is 0 Å². The molecule has 0 spiro atoms. The quantitative estimate of drug-likeness (QED) is 0.742. The predicted octanol–water partition coefficient (Wildman–Crippen LogP) is 2.84. The number of hydrogen-bond donors (Lipinski definition) is 1. The molecule has 0 bridgehead atoms. The molecule has 0 fully saturated rings. The van der Waals surface area contributed by atoms with Crippen LogP contribution in [0.3, 0.4) is 0 Å². The molecule has 0 radical (unpaired) electrons. The summed E-state index contributed by atoms with van der Waals surface area (Å²) in [6.45, 7) is 0.463. The lowest BCUT2D eigenvalue weighted by molar-refractivity contribution is 0.279. The number of aliphatic hydroxyl groups excluding tert-OH is 1. The second kappa shape index (κ2) is 6.14. The van der Waals surface area contributed by atoms with Crippen LogP contribution in [0.1, 0.15) is 22.6 Å². The van der Waals surface area contributed by atoms with E-state index in [1.165, 1.54) is 6.07 Å². The molecule has 0 aliphatic carbocycles. The number of hydrogen-bond acceptors (Lipinski definition) is 4. The van der Waals surface area contributed by atoms with E-state index in [1.807, 2.05) is 4.40 Å². The average molecular weight is 392 g/mol. The van der Waals surface area contributed by atoms with Crippen LogP contribution in [0, 0.1) is 5.82 Å². The number of aromatic nitrogens is 3. The minimum Gasteiger partial charge on any atom is -0.493 e. The Hall–Kier alpha value is -1.99. The number of aliphatic hydroxyl groups is 1. The molecule has 0 saturated carbocycles. The van der Waals surface area contributed by atoms with E-state index in [9.17, 15) is 9.50 Å². The van der Waals surface area contributed by atoms with Crippen LogP contribution >= 0.6 is 15.9 Å². The van der Waals surface area contributed by atoms with Gasteiger partial charge in [-0.1, -0.05) is 0 Å². The third-order valence-corrected chi connectivity index (χ3v) is 4.94. The number of imidazole rings is 1. The third kappa shape index (κ3) is 2.48. The molecule has 0 unspecified atom stereocenters. The highest BCUT2D eigenvalue weighted by Crippen LogP contribution is 2.31. The predicted molar refractivity (Wildman–Crippen MR) is 89.6 cm³/mol. The van der Waals surface area contributed by atoms with Crippen molar-refractivity contribution < 1.29 is 14.2 Å². The van der Waals surface area contributed by atoms with E-state index >= 15 is 0 Å². The van der Waals surface area contributed by atoms with Crippen molar-refractivity contribution >= 4 is 21.4 Å². The van der Waals surface area contributed by atoms with Gasteiger partial charge in [0, 0.05) is 24.6 Å². The normalized spacial score (nSPS) is 13.3. The molecule has 5 nitrogen and oxygen atoms in total. The molecule has 3 heterocycles. The SMILES string of the molecule is OCc1ncn2c(CCc3c(F)ccc4c3CCO4)ncc(Br)c12. The maximum Gasteiger partial charge on any atom is 0.126 e. The van der Waals surface area contributed by atoms with Gasteiger partial charge < -0.3 is 9.84 Å². The van der Waals surface area contributed by atoms with Gasteiger partial charge in [0.05, 0.1) is 28.9 Å². The maximum absolute atomic E-state index is 14.2. The average Bonchev–Trinajstić information content (AvgIpc) is 3.22. The van der Waals surface area contributed by atoms with E-state index in [2.05, 4.69) is 25.9 Å². The largest absolute Gasteiger partial charge is 0.493 e. The Bertz CT molecular complexity index is 926. The van der Waals surface area contributed by atoms with Crippen LogP contribution in [-0.4, -0.2) is 26.1 Å². The van der Waals surface area contributed by atoms with Crippen molar-refractivity contribution in [1.29, 1.82) is 0 Å². The highest BCUT2D eigenvalue weighted by molar-refractivity contribution is 9.10. The van der Waals surface area contributed by atoms with Crippen LogP contribution in [0.5, 0.6) is 5.75 Å². The van der Waals surface area contributed by atoms with Crippen molar-refractivity contribution in [2.45, 2.75) is 25.9 Å². The molecule has 1 aliphatic rings. The lowest BCUT2D eigenvalue weighted by atomic mass is 10.00. The lowest BCUT2D eigenvalue weighted by Crippen LogP contribution is -2.05. The summed E-state index contributed by atoms with van der Waals surface area (Å²) >= 11 is 3.44. The van der Waals surface area contributed by atoms with Crippen LogP contribution < -0.4 is 4.74 Å². The van der Waals surface area contributed by atoms with E-state index in [4.69, 9.17) is 4.74 Å². The molecule has 4 rings (SSSR count). The van der Waals surface area contributed by atoms with Gasteiger partial charge >= 0.3 is 0 Å². The first kappa shape index (κ1) is 15.5. The Morgan fingerprint density at radius 1 is 1.29 bits per heavy atom. The number of aryl methyl sites for hydroxylation is 1. The molecule has 0 atom stereocenters. The summed E-state index contributed by atoms with van der Waals surface area (Å²) in [4.78, 5) is 8.65. The van der Waals surface area contributed by atoms with Gasteiger partial charge in [-0.3, -0.25) is 4.40 Å². The zero-order valence-corrected chi connectivity index (χ0v) is 14.4. The van der Waals surface area contributed by atoms with Crippen LogP contribution in [0.15, 0.2) is 29.1 Å². The van der Waals surface area contributed by atoms with Gasteiger partial charge in [0.15, 0.2) is 0 Å². The number of benzene rings is 1. The monoisotopic (exact) mass is 391 g/mol. The van der Waals surface area contributed by atoms with Crippen molar-refractivity contribution in [2.75, 3.05) is 6.61 Å². The van der Waals surface area contributed by atoms with Gasteiger partial charge in [0.1, 0.15) is 23.7 Å².